The molecule has 1 aromatic carbocycles. The molecule has 0 saturated carbocycles. The molecule has 26 heavy (non-hydrogen) atoms. The van der Waals surface area contributed by atoms with Crippen molar-refractivity contribution in [1.29, 1.82) is 0 Å². The van der Waals surface area contributed by atoms with Crippen LogP contribution in [-0.4, -0.2) is 32.4 Å². The number of nitrogens with zero attached hydrogens (tertiary/aromatic N) is 1. The Kier molecular flexibility index (Phi) is 6.79. The second-order valence-electron chi connectivity index (χ2n) is 4.96. The molecule has 0 aliphatic carbocycles. The van der Waals surface area contributed by atoms with Crippen molar-refractivity contribution < 1.29 is 28.2 Å². The second-order valence-corrected chi connectivity index (χ2v) is 7.41. The molecular weight excluding hydrogens is 389 g/mol. The zero-order valence-corrected chi connectivity index (χ0v) is 15.1. The number of hydrogen-bond acceptors (Lipinski definition) is 6. The van der Waals surface area contributed by atoms with Crippen LogP contribution in [0.2, 0.25) is 0 Å². The molecule has 2 aromatic rings. The summed E-state index contributed by atoms with van der Waals surface area (Å²) in [6, 6.07) is 4.84. The normalized spacial score (nSPS) is 11.4. The van der Waals surface area contributed by atoms with Crippen LogP contribution in [0.4, 0.5) is 18.9 Å². The van der Waals surface area contributed by atoms with Crippen molar-refractivity contribution in [2.24, 2.45) is 0 Å². The number of aromatic hydroxyl groups is 1. The van der Waals surface area contributed by atoms with Gasteiger partial charge in [-0.3, -0.25) is 4.79 Å². The van der Waals surface area contributed by atoms with Gasteiger partial charge in [0.25, 0.3) is 5.91 Å². The molecule has 0 unspecified atom stereocenters. The summed E-state index contributed by atoms with van der Waals surface area (Å²) in [4.78, 5) is 16.8. The highest BCUT2D eigenvalue weighted by Gasteiger charge is 2.29. The number of pyridine rings is 1. The molecule has 0 aliphatic heterocycles. The molecular formula is C16H15F3N2O3S2. The van der Waals surface area contributed by atoms with Gasteiger partial charge in [0.15, 0.2) is 0 Å². The van der Waals surface area contributed by atoms with E-state index < -0.39 is 11.4 Å². The van der Waals surface area contributed by atoms with Crippen molar-refractivity contribution >= 4 is 35.1 Å². The Morgan fingerprint density at radius 1 is 1.31 bits per heavy atom. The van der Waals surface area contributed by atoms with Crippen LogP contribution in [-0.2, 0) is 6.61 Å². The van der Waals surface area contributed by atoms with Crippen LogP contribution in [0.25, 0.3) is 0 Å². The average molecular weight is 404 g/mol. The molecule has 140 valence electrons. The molecule has 0 aliphatic rings. The number of amides is 1. The van der Waals surface area contributed by atoms with Crippen molar-refractivity contribution in [3.8, 4) is 5.75 Å². The Bertz CT molecular complexity index is 801. The van der Waals surface area contributed by atoms with Gasteiger partial charge in [0.2, 0.25) is 0 Å². The number of benzene rings is 1. The van der Waals surface area contributed by atoms with Gasteiger partial charge in [-0.05, 0) is 47.3 Å². The zero-order valence-electron chi connectivity index (χ0n) is 13.5. The summed E-state index contributed by atoms with van der Waals surface area (Å²) >= 11 is 0.989. The third-order valence-electron chi connectivity index (χ3n) is 3.06. The lowest BCUT2D eigenvalue weighted by atomic mass is 10.2. The Morgan fingerprint density at radius 2 is 2.04 bits per heavy atom. The molecule has 3 N–H and O–H groups in total. The summed E-state index contributed by atoms with van der Waals surface area (Å²) < 4.78 is 37.5. The minimum atomic E-state index is -4.48. The summed E-state index contributed by atoms with van der Waals surface area (Å²) in [5, 5.41) is 21.4. The highest BCUT2D eigenvalue weighted by molar-refractivity contribution is 8.00. The standard InChI is InChI=1S/C16H15F3N2O3S2/c1-2-25-13-5-9(8-22)7-20-14(13)15(24)21-11-6-10(3-4-12(11)23)26-16(17,18)19/h3-7,22-23H,2,8H2,1H3,(H,21,24). The molecule has 1 aromatic heterocycles. The molecule has 1 heterocycles. The van der Waals surface area contributed by atoms with E-state index >= 15 is 0 Å². The Balaban J connectivity index is 2.28. The highest BCUT2D eigenvalue weighted by Crippen LogP contribution is 2.39. The minimum absolute atomic E-state index is 0.0577. The third-order valence-corrected chi connectivity index (χ3v) is 4.69. The fourth-order valence-corrected chi connectivity index (χ4v) is 3.41. The molecule has 0 saturated heterocycles. The smallest absolute Gasteiger partial charge is 0.446 e. The van der Waals surface area contributed by atoms with E-state index in [0.29, 0.717) is 16.2 Å². The van der Waals surface area contributed by atoms with Gasteiger partial charge in [-0.2, -0.15) is 13.2 Å². The zero-order chi connectivity index (χ0) is 19.3. The van der Waals surface area contributed by atoms with Crippen LogP contribution in [0.1, 0.15) is 23.0 Å². The maximum Gasteiger partial charge on any atom is 0.446 e. The maximum absolute atomic E-state index is 12.5. The molecule has 0 bridgehead atoms. The van der Waals surface area contributed by atoms with Gasteiger partial charge in [0.05, 0.1) is 12.3 Å². The first-order valence-electron chi connectivity index (χ1n) is 7.36. The molecule has 0 radical (unpaired) electrons. The van der Waals surface area contributed by atoms with Crippen LogP contribution >= 0.6 is 23.5 Å². The summed E-state index contributed by atoms with van der Waals surface area (Å²) in [6.07, 6.45) is 1.34. The van der Waals surface area contributed by atoms with Crippen molar-refractivity contribution in [2.45, 2.75) is 28.8 Å². The molecule has 2 rings (SSSR count). The predicted octanol–water partition coefficient (Wildman–Crippen LogP) is 4.26. The van der Waals surface area contributed by atoms with E-state index in [1.807, 2.05) is 6.92 Å². The van der Waals surface area contributed by atoms with E-state index in [4.69, 9.17) is 0 Å². The average Bonchev–Trinajstić information content (AvgIpc) is 2.56. The first-order valence-corrected chi connectivity index (χ1v) is 9.16. The Hall–Kier alpha value is -1.91. The molecule has 0 spiro atoms. The van der Waals surface area contributed by atoms with Gasteiger partial charge in [0.1, 0.15) is 11.4 Å². The molecule has 10 heteroatoms. The van der Waals surface area contributed by atoms with Gasteiger partial charge in [-0.15, -0.1) is 11.8 Å². The van der Waals surface area contributed by atoms with Gasteiger partial charge < -0.3 is 15.5 Å². The van der Waals surface area contributed by atoms with E-state index in [1.165, 1.54) is 18.0 Å². The molecule has 0 atom stereocenters. The minimum Gasteiger partial charge on any atom is -0.506 e. The maximum atomic E-state index is 12.5. The molecule has 1 amide bonds. The number of thioether (sulfide) groups is 2. The number of alkyl halides is 3. The number of rotatable bonds is 6. The summed E-state index contributed by atoms with van der Waals surface area (Å²) in [5.41, 5.74) is -4.04. The van der Waals surface area contributed by atoms with E-state index in [2.05, 4.69) is 10.3 Å². The topological polar surface area (TPSA) is 82.5 Å². The van der Waals surface area contributed by atoms with E-state index in [9.17, 15) is 28.2 Å². The highest BCUT2D eigenvalue weighted by atomic mass is 32.2. The Morgan fingerprint density at radius 3 is 2.65 bits per heavy atom. The van der Waals surface area contributed by atoms with Crippen molar-refractivity contribution in [1.82, 2.24) is 4.98 Å². The number of nitrogens with one attached hydrogen (secondary N) is 1. The molecule has 0 fully saturated rings. The SMILES string of the molecule is CCSc1cc(CO)cnc1C(=O)Nc1cc(SC(F)(F)F)ccc1O. The monoisotopic (exact) mass is 404 g/mol. The number of phenols is 1. The van der Waals surface area contributed by atoms with Crippen LogP contribution in [0.15, 0.2) is 40.3 Å². The number of aromatic nitrogens is 1. The largest absolute Gasteiger partial charge is 0.506 e. The van der Waals surface area contributed by atoms with E-state index in [0.717, 1.165) is 18.2 Å². The summed E-state index contributed by atoms with van der Waals surface area (Å²) in [6.45, 7) is 1.64. The van der Waals surface area contributed by atoms with Crippen molar-refractivity contribution in [3.63, 3.8) is 0 Å². The first kappa shape index (κ1) is 20.4. The number of carbonyl (C=O) groups excluding carboxylic acids is 1. The third kappa shape index (κ3) is 5.55. The summed E-state index contributed by atoms with van der Waals surface area (Å²) in [5.74, 6) is -0.378. The van der Waals surface area contributed by atoms with Gasteiger partial charge in [0, 0.05) is 16.0 Å². The second kappa shape index (κ2) is 8.65. The summed E-state index contributed by atoms with van der Waals surface area (Å²) in [7, 11) is 0. The Labute approximate surface area is 156 Å². The van der Waals surface area contributed by atoms with Crippen LogP contribution in [0.3, 0.4) is 0 Å². The van der Waals surface area contributed by atoms with Crippen molar-refractivity contribution in [2.75, 3.05) is 11.1 Å². The lowest BCUT2D eigenvalue weighted by Crippen LogP contribution is -2.15. The number of carbonyl (C=O) groups is 1. The number of aliphatic hydroxyl groups excluding tert-OH is 1. The van der Waals surface area contributed by atoms with Crippen LogP contribution in [0.5, 0.6) is 5.75 Å². The first-order chi connectivity index (χ1) is 12.2. The number of anilines is 1. The van der Waals surface area contributed by atoms with E-state index in [-0.39, 0.29) is 40.4 Å². The number of phenolic OH excluding ortho intramolecular Hbond substituents is 1. The van der Waals surface area contributed by atoms with E-state index in [1.54, 1.807) is 6.07 Å². The van der Waals surface area contributed by atoms with Gasteiger partial charge >= 0.3 is 5.51 Å². The number of halogens is 3. The fourth-order valence-electron chi connectivity index (χ4n) is 2.00. The number of aliphatic hydroxyl groups is 1. The quantitative estimate of drug-likeness (QED) is 0.493. The fraction of sp³-hybridized carbons (Fsp3) is 0.250. The lowest BCUT2D eigenvalue weighted by Gasteiger charge is -2.12. The van der Waals surface area contributed by atoms with Gasteiger partial charge in [-0.1, -0.05) is 6.92 Å². The number of hydrogen-bond donors (Lipinski definition) is 3. The van der Waals surface area contributed by atoms with Crippen LogP contribution < -0.4 is 5.32 Å². The lowest BCUT2D eigenvalue weighted by molar-refractivity contribution is -0.0328. The van der Waals surface area contributed by atoms with Crippen LogP contribution in [0, 0.1) is 0 Å². The predicted molar refractivity (Wildman–Crippen MR) is 94.5 cm³/mol. The van der Waals surface area contributed by atoms with Crippen molar-refractivity contribution in [3.05, 3.63) is 41.7 Å². The van der Waals surface area contributed by atoms with Gasteiger partial charge in [-0.25, -0.2) is 4.98 Å². The molecule has 5 nitrogen and oxygen atoms in total.